The normalized spacial score (nSPS) is 11.6. The number of rotatable bonds is 7. The van der Waals surface area contributed by atoms with Crippen molar-refractivity contribution < 1.29 is 23.5 Å². The first-order valence-electron chi connectivity index (χ1n) is 7.42. The van der Waals surface area contributed by atoms with Crippen molar-refractivity contribution in [2.24, 2.45) is 0 Å². The summed E-state index contributed by atoms with van der Waals surface area (Å²) >= 11 is 6.89. The molecule has 1 aromatic carbocycles. The lowest BCUT2D eigenvalue weighted by Gasteiger charge is -2.16. The fourth-order valence-corrected chi connectivity index (χ4v) is 3.09. The molecular formula is C17H15ClFNO4S. The number of amides is 1. The van der Waals surface area contributed by atoms with Crippen molar-refractivity contribution in [1.29, 1.82) is 0 Å². The van der Waals surface area contributed by atoms with Crippen molar-refractivity contribution in [3.63, 3.8) is 0 Å². The summed E-state index contributed by atoms with van der Waals surface area (Å²) in [6, 6.07) is 6.83. The Balaban J connectivity index is 2.18. The molecule has 1 aromatic heterocycles. The Kier molecular flexibility index (Phi) is 6.66. The van der Waals surface area contributed by atoms with E-state index in [0.29, 0.717) is 9.21 Å². The van der Waals surface area contributed by atoms with Crippen LogP contribution in [0.3, 0.4) is 0 Å². The minimum Gasteiger partial charge on any atom is -0.466 e. The first kappa shape index (κ1) is 19.1. The summed E-state index contributed by atoms with van der Waals surface area (Å²) in [4.78, 5) is 37.0. The number of nitrogens with one attached hydrogen (secondary N) is 1. The van der Waals surface area contributed by atoms with Gasteiger partial charge in [0.1, 0.15) is 11.9 Å². The second-order valence-corrected chi connectivity index (χ2v) is 6.73. The van der Waals surface area contributed by atoms with Gasteiger partial charge in [-0.3, -0.25) is 14.4 Å². The SMILES string of the molecule is CCOC(=O)CC(NC(=O)c1ccc(F)cc1)C(=O)c1ccc(Cl)s1. The summed E-state index contributed by atoms with van der Waals surface area (Å²) in [6.07, 6.45) is -0.310. The fourth-order valence-electron chi connectivity index (χ4n) is 2.06. The monoisotopic (exact) mass is 383 g/mol. The number of carbonyl (C=O) groups excluding carboxylic acids is 3. The van der Waals surface area contributed by atoms with E-state index in [1.807, 2.05) is 0 Å². The molecule has 8 heteroatoms. The van der Waals surface area contributed by atoms with E-state index in [4.69, 9.17) is 16.3 Å². The molecule has 0 aliphatic heterocycles. The Hall–Kier alpha value is -2.25. The zero-order valence-corrected chi connectivity index (χ0v) is 14.8. The quantitative estimate of drug-likeness (QED) is 0.587. The zero-order chi connectivity index (χ0) is 18.4. The molecule has 0 saturated heterocycles. The molecule has 0 radical (unpaired) electrons. The molecule has 132 valence electrons. The number of Topliss-reactive ketones (excluding diaryl/α,β-unsaturated/α-hetero) is 1. The number of ether oxygens (including phenoxy) is 1. The maximum Gasteiger partial charge on any atom is 0.308 e. The number of carbonyl (C=O) groups is 3. The molecule has 0 aliphatic carbocycles. The van der Waals surface area contributed by atoms with Crippen LogP contribution in [0.1, 0.15) is 33.4 Å². The highest BCUT2D eigenvalue weighted by atomic mass is 35.5. The Bertz CT molecular complexity index is 775. The van der Waals surface area contributed by atoms with Gasteiger partial charge >= 0.3 is 5.97 Å². The summed E-state index contributed by atoms with van der Waals surface area (Å²) in [6.45, 7) is 1.81. The van der Waals surface area contributed by atoms with Gasteiger partial charge in [-0.05, 0) is 43.3 Å². The van der Waals surface area contributed by atoms with Gasteiger partial charge < -0.3 is 10.1 Å². The molecule has 2 aromatic rings. The van der Waals surface area contributed by atoms with Crippen molar-refractivity contribution in [2.45, 2.75) is 19.4 Å². The molecule has 1 heterocycles. The van der Waals surface area contributed by atoms with Gasteiger partial charge in [-0.25, -0.2) is 4.39 Å². The van der Waals surface area contributed by atoms with Gasteiger partial charge in [0.05, 0.1) is 22.2 Å². The van der Waals surface area contributed by atoms with Gasteiger partial charge in [-0.15, -0.1) is 11.3 Å². The van der Waals surface area contributed by atoms with Crippen LogP contribution in [0.2, 0.25) is 4.34 Å². The number of hydrogen-bond donors (Lipinski definition) is 1. The number of thiophene rings is 1. The fraction of sp³-hybridized carbons (Fsp3) is 0.235. The average molecular weight is 384 g/mol. The molecule has 1 unspecified atom stereocenters. The Morgan fingerprint density at radius 2 is 1.88 bits per heavy atom. The number of benzene rings is 1. The highest BCUT2D eigenvalue weighted by Gasteiger charge is 2.27. The zero-order valence-electron chi connectivity index (χ0n) is 13.3. The minimum absolute atomic E-state index is 0.163. The number of ketones is 1. The molecule has 0 saturated carbocycles. The lowest BCUT2D eigenvalue weighted by atomic mass is 10.1. The topological polar surface area (TPSA) is 72.5 Å². The van der Waals surface area contributed by atoms with Crippen LogP contribution in [0.25, 0.3) is 0 Å². The van der Waals surface area contributed by atoms with Crippen molar-refractivity contribution >= 4 is 40.6 Å². The van der Waals surface area contributed by atoms with E-state index in [2.05, 4.69) is 5.32 Å². The Morgan fingerprint density at radius 3 is 2.44 bits per heavy atom. The minimum atomic E-state index is -1.11. The lowest BCUT2D eigenvalue weighted by Crippen LogP contribution is -2.42. The molecule has 2 rings (SSSR count). The van der Waals surface area contributed by atoms with Crippen LogP contribution in [-0.2, 0) is 9.53 Å². The highest BCUT2D eigenvalue weighted by Crippen LogP contribution is 2.23. The average Bonchev–Trinajstić information content (AvgIpc) is 3.00. The standard InChI is InChI=1S/C17H15ClFNO4S/c1-2-24-15(21)9-12(16(22)13-7-8-14(18)25-13)20-17(23)10-3-5-11(19)6-4-10/h3-8,12H,2,9H2,1H3,(H,20,23). The second-order valence-electron chi connectivity index (χ2n) is 5.01. The molecule has 0 spiro atoms. The number of hydrogen-bond acceptors (Lipinski definition) is 5. The Morgan fingerprint density at radius 1 is 1.20 bits per heavy atom. The van der Waals surface area contributed by atoms with Crippen LogP contribution in [-0.4, -0.2) is 30.3 Å². The van der Waals surface area contributed by atoms with Gasteiger partial charge in [0.2, 0.25) is 0 Å². The van der Waals surface area contributed by atoms with Crippen LogP contribution in [0.15, 0.2) is 36.4 Å². The van der Waals surface area contributed by atoms with Gasteiger partial charge in [0.25, 0.3) is 5.91 Å². The van der Waals surface area contributed by atoms with Crippen LogP contribution in [0.5, 0.6) is 0 Å². The van der Waals surface area contributed by atoms with E-state index >= 15 is 0 Å². The molecule has 1 atom stereocenters. The first-order chi connectivity index (χ1) is 11.9. The number of esters is 1. The molecule has 25 heavy (non-hydrogen) atoms. The number of halogens is 2. The second kappa shape index (κ2) is 8.73. The van der Waals surface area contributed by atoms with E-state index in [1.54, 1.807) is 13.0 Å². The van der Waals surface area contributed by atoms with Crippen molar-refractivity contribution in [2.75, 3.05) is 6.61 Å². The van der Waals surface area contributed by atoms with Crippen LogP contribution in [0.4, 0.5) is 4.39 Å². The Labute approximate surface area is 152 Å². The third kappa shape index (κ3) is 5.37. The van der Waals surface area contributed by atoms with E-state index in [1.165, 1.54) is 18.2 Å². The third-order valence-electron chi connectivity index (χ3n) is 3.22. The predicted octanol–water partition coefficient (Wildman–Crippen LogP) is 3.48. The molecule has 5 nitrogen and oxygen atoms in total. The summed E-state index contributed by atoms with van der Waals surface area (Å²) < 4.78 is 18.2. The van der Waals surface area contributed by atoms with E-state index in [0.717, 1.165) is 23.5 Å². The molecular weight excluding hydrogens is 369 g/mol. The van der Waals surface area contributed by atoms with E-state index in [-0.39, 0.29) is 18.6 Å². The summed E-state index contributed by atoms with van der Waals surface area (Å²) in [5.74, 6) is -2.13. The van der Waals surface area contributed by atoms with Crippen LogP contribution in [0, 0.1) is 5.82 Å². The van der Waals surface area contributed by atoms with Crippen molar-refractivity contribution in [1.82, 2.24) is 5.32 Å². The molecule has 0 bridgehead atoms. The van der Waals surface area contributed by atoms with Gasteiger partial charge in [0, 0.05) is 5.56 Å². The van der Waals surface area contributed by atoms with Crippen molar-refractivity contribution in [3.05, 3.63) is 57.0 Å². The third-order valence-corrected chi connectivity index (χ3v) is 4.47. The van der Waals surface area contributed by atoms with Crippen LogP contribution >= 0.6 is 22.9 Å². The first-order valence-corrected chi connectivity index (χ1v) is 8.61. The largest absolute Gasteiger partial charge is 0.466 e. The van der Waals surface area contributed by atoms with E-state index in [9.17, 15) is 18.8 Å². The lowest BCUT2D eigenvalue weighted by molar-refractivity contribution is -0.143. The molecule has 1 amide bonds. The molecule has 0 fully saturated rings. The molecule has 0 aliphatic rings. The van der Waals surface area contributed by atoms with Gasteiger partial charge in [0.15, 0.2) is 5.78 Å². The highest BCUT2D eigenvalue weighted by molar-refractivity contribution is 7.18. The predicted molar refractivity (Wildman–Crippen MR) is 92.6 cm³/mol. The maximum absolute atomic E-state index is 13.0. The van der Waals surface area contributed by atoms with Crippen molar-refractivity contribution in [3.8, 4) is 0 Å². The maximum atomic E-state index is 13.0. The van der Waals surface area contributed by atoms with Gasteiger partial charge in [-0.2, -0.15) is 0 Å². The summed E-state index contributed by atoms with van der Waals surface area (Å²) in [5.41, 5.74) is 0.173. The van der Waals surface area contributed by atoms with Gasteiger partial charge in [-0.1, -0.05) is 11.6 Å². The summed E-state index contributed by atoms with van der Waals surface area (Å²) in [7, 11) is 0. The smallest absolute Gasteiger partial charge is 0.308 e. The summed E-state index contributed by atoms with van der Waals surface area (Å²) in [5, 5.41) is 2.50. The van der Waals surface area contributed by atoms with E-state index < -0.39 is 29.5 Å². The molecule has 1 N–H and O–H groups in total. The van der Waals surface area contributed by atoms with Crippen LogP contribution < -0.4 is 5.32 Å².